The third-order valence-corrected chi connectivity index (χ3v) is 5.21. The number of rotatable bonds is 7. The van der Waals surface area contributed by atoms with Crippen LogP contribution >= 0.6 is 12.4 Å². The van der Waals surface area contributed by atoms with E-state index in [0.717, 1.165) is 36.1 Å². The van der Waals surface area contributed by atoms with Crippen LogP contribution in [0.5, 0.6) is 0 Å². The molecule has 1 fully saturated rings. The summed E-state index contributed by atoms with van der Waals surface area (Å²) in [7, 11) is 0. The van der Waals surface area contributed by atoms with Gasteiger partial charge in [0.15, 0.2) is 0 Å². The van der Waals surface area contributed by atoms with Crippen molar-refractivity contribution in [3.8, 4) is 0 Å². The van der Waals surface area contributed by atoms with Gasteiger partial charge in [0, 0.05) is 5.92 Å². The maximum Gasteiger partial charge on any atom is 0.112 e. The molecule has 1 aromatic heterocycles. The SMILES string of the molecule is CCC(C)c1nc2ccccc2n1CC(O)COC1CCCCC1.Cl. The minimum absolute atomic E-state index is 0. The molecule has 0 spiro atoms. The van der Waals surface area contributed by atoms with Crippen molar-refractivity contribution in [1.82, 2.24) is 9.55 Å². The molecule has 25 heavy (non-hydrogen) atoms. The number of aliphatic hydroxyl groups excluding tert-OH is 1. The molecule has 2 unspecified atom stereocenters. The Morgan fingerprint density at radius 2 is 1.96 bits per heavy atom. The van der Waals surface area contributed by atoms with Gasteiger partial charge in [0.2, 0.25) is 0 Å². The smallest absolute Gasteiger partial charge is 0.112 e. The molecule has 1 aliphatic carbocycles. The number of ether oxygens (including phenoxy) is 1. The number of fused-ring (bicyclic) bond motifs is 1. The highest BCUT2D eigenvalue weighted by Crippen LogP contribution is 2.25. The molecule has 1 heterocycles. The maximum absolute atomic E-state index is 10.5. The average molecular weight is 367 g/mol. The summed E-state index contributed by atoms with van der Waals surface area (Å²) in [6.45, 7) is 5.34. The quantitative estimate of drug-likeness (QED) is 0.773. The van der Waals surface area contributed by atoms with Crippen LogP contribution in [0, 0.1) is 0 Å². The Labute approximate surface area is 157 Å². The molecule has 1 aromatic carbocycles. The Morgan fingerprint density at radius 3 is 2.68 bits per heavy atom. The second kappa shape index (κ2) is 9.56. The lowest BCUT2D eigenvalue weighted by Crippen LogP contribution is -2.27. The highest BCUT2D eigenvalue weighted by atomic mass is 35.5. The van der Waals surface area contributed by atoms with Crippen molar-refractivity contribution in [2.75, 3.05) is 6.61 Å². The van der Waals surface area contributed by atoms with Crippen LogP contribution in [-0.2, 0) is 11.3 Å². The van der Waals surface area contributed by atoms with Crippen molar-refractivity contribution in [3.05, 3.63) is 30.1 Å². The van der Waals surface area contributed by atoms with E-state index in [9.17, 15) is 5.11 Å². The Morgan fingerprint density at radius 1 is 1.24 bits per heavy atom. The van der Waals surface area contributed by atoms with Gasteiger partial charge in [-0.2, -0.15) is 0 Å². The Balaban J connectivity index is 0.00000225. The molecule has 2 aromatic rings. The first-order valence-corrected chi connectivity index (χ1v) is 9.43. The summed E-state index contributed by atoms with van der Waals surface area (Å²) < 4.78 is 8.13. The van der Waals surface area contributed by atoms with Crippen LogP contribution in [-0.4, -0.2) is 33.5 Å². The highest BCUT2D eigenvalue weighted by Gasteiger charge is 2.19. The summed E-state index contributed by atoms with van der Waals surface area (Å²) in [5.41, 5.74) is 2.11. The van der Waals surface area contributed by atoms with E-state index in [0.29, 0.717) is 25.2 Å². The minimum atomic E-state index is -0.493. The largest absolute Gasteiger partial charge is 0.389 e. The predicted molar refractivity (Wildman–Crippen MR) is 105 cm³/mol. The molecule has 1 N–H and O–H groups in total. The van der Waals surface area contributed by atoms with Crippen LogP contribution in [0.1, 0.15) is 64.1 Å². The van der Waals surface area contributed by atoms with Gasteiger partial charge in [0.1, 0.15) is 5.82 Å². The molecule has 0 amide bonds. The molecule has 5 heteroatoms. The van der Waals surface area contributed by atoms with E-state index < -0.39 is 6.10 Å². The molecule has 0 bridgehead atoms. The first kappa shape index (κ1) is 20.2. The van der Waals surface area contributed by atoms with Gasteiger partial charge < -0.3 is 14.4 Å². The maximum atomic E-state index is 10.5. The van der Waals surface area contributed by atoms with Gasteiger partial charge in [-0.3, -0.25) is 0 Å². The first-order valence-electron chi connectivity index (χ1n) is 9.43. The van der Waals surface area contributed by atoms with E-state index in [1.165, 1.54) is 19.3 Å². The molecular formula is C20H31ClN2O2. The number of para-hydroxylation sites is 2. The van der Waals surface area contributed by atoms with Crippen molar-refractivity contribution >= 4 is 23.4 Å². The van der Waals surface area contributed by atoms with Crippen LogP contribution in [0.15, 0.2) is 24.3 Å². The third-order valence-electron chi connectivity index (χ3n) is 5.21. The van der Waals surface area contributed by atoms with Gasteiger partial charge in [0.05, 0.1) is 36.4 Å². The zero-order valence-electron chi connectivity index (χ0n) is 15.4. The number of halogens is 1. The molecule has 140 valence electrons. The van der Waals surface area contributed by atoms with E-state index in [1.54, 1.807) is 0 Å². The van der Waals surface area contributed by atoms with E-state index in [-0.39, 0.29) is 12.4 Å². The molecule has 2 atom stereocenters. The second-order valence-corrected chi connectivity index (χ2v) is 7.13. The van der Waals surface area contributed by atoms with E-state index in [1.807, 2.05) is 18.2 Å². The number of nitrogens with zero attached hydrogens (tertiary/aromatic N) is 2. The fraction of sp³-hybridized carbons (Fsp3) is 0.650. The molecule has 1 saturated carbocycles. The second-order valence-electron chi connectivity index (χ2n) is 7.13. The molecular weight excluding hydrogens is 336 g/mol. The summed E-state index contributed by atoms with van der Waals surface area (Å²) in [5.74, 6) is 1.44. The zero-order chi connectivity index (χ0) is 16.9. The van der Waals surface area contributed by atoms with E-state index in [4.69, 9.17) is 9.72 Å². The predicted octanol–water partition coefficient (Wildman–Crippen LogP) is 4.68. The topological polar surface area (TPSA) is 47.3 Å². The summed E-state index contributed by atoms with van der Waals surface area (Å²) in [5, 5.41) is 10.5. The fourth-order valence-corrected chi connectivity index (χ4v) is 3.59. The summed E-state index contributed by atoms with van der Waals surface area (Å²) in [4.78, 5) is 4.80. The van der Waals surface area contributed by atoms with Crippen molar-refractivity contribution in [3.63, 3.8) is 0 Å². The number of imidazole rings is 1. The normalized spacial score (nSPS) is 18.0. The first-order chi connectivity index (χ1) is 11.7. The lowest BCUT2D eigenvalue weighted by Gasteiger charge is -2.24. The van der Waals surface area contributed by atoms with Crippen molar-refractivity contribution < 1.29 is 9.84 Å². The van der Waals surface area contributed by atoms with Crippen LogP contribution in [0.25, 0.3) is 11.0 Å². The highest BCUT2D eigenvalue weighted by molar-refractivity contribution is 5.85. The van der Waals surface area contributed by atoms with Gasteiger partial charge >= 0.3 is 0 Å². The lowest BCUT2D eigenvalue weighted by molar-refractivity contribution is -0.0282. The molecule has 4 nitrogen and oxygen atoms in total. The standard InChI is InChI=1S/C20H30N2O2.ClH/c1-3-15(2)20-21-18-11-7-8-12-19(18)22(20)13-16(23)14-24-17-9-5-4-6-10-17;/h7-8,11-12,15-17,23H,3-6,9-10,13-14H2,1-2H3;1H. The minimum Gasteiger partial charge on any atom is -0.389 e. The Bertz CT molecular complexity index is 652. The number of hydrogen-bond acceptors (Lipinski definition) is 3. The van der Waals surface area contributed by atoms with Crippen LogP contribution in [0.2, 0.25) is 0 Å². The molecule has 3 rings (SSSR count). The summed E-state index contributed by atoms with van der Waals surface area (Å²) in [6.07, 6.45) is 6.99. The molecule has 0 aliphatic heterocycles. The van der Waals surface area contributed by atoms with Crippen LogP contribution < -0.4 is 0 Å². The molecule has 0 saturated heterocycles. The Kier molecular flexibility index (Phi) is 7.73. The third kappa shape index (κ3) is 4.96. The number of aromatic nitrogens is 2. The van der Waals surface area contributed by atoms with Crippen LogP contribution in [0.3, 0.4) is 0 Å². The lowest BCUT2D eigenvalue weighted by atomic mass is 9.98. The monoisotopic (exact) mass is 366 g/mol. The van der Waals surface area contributed by atoms with Gasteiger partial charge in [-0.25, -0.2) is 4.98 Å². The average Bonchev–Trinajstić information content (AvgIpc) is 2.99. The number of hydrogen-bond donors (Lipinski definition) is 1. The fourth-order valence-electron chi connectivity index (χ4n) is 3.59. The van der Waals surface area contributed by atoms with Gasteiger partial charge in [0.25, 0.3) is 0 Å². The van der Waals surface area contributed by atoms with Crippen molar-refractivity contribution in [2.45, 2.75) is 77.0 Å². The zero-order valence-corrected chi connectivity index (χ0v) is 16.2. The van der Waals surface area contributed by atoms with E-state index >= 15 is 0 Å². The van der Waals surface area contributed by atoms with E-state index in [2.05, 4.69) is 24.5 Å². The van der Waals surface area contributed by atoms with Crippen molar-refractivity contribution in [1.29, 1.82) is 0 Å². The number of aliphatic hydroxyl groups is 1. The van der Waals surface area contributed by atoms with Crippen LogP contribution in [0.4, 0.5) is 0 Å². The van der Waals surface area contributed by atoms with Gasteiger partial charge in [-0.05, 0) is 31.4 Å². The number of benzene rings is 1. The summed E-state index contributed by atoms with van der Waals surface area (Å²) in [6, 6.07) is 8.18. The Hall–Kier alpha value is -1.10. The molecule has 1 aliphatic rings. The summed E-state index contributed by atoms with van der Waals surface area (Å²) >= 11 is 0. The van der Waals surface area contributed by atoms with Gasteiger partial charge in [-0.1, -0.05) is 45.2 Å². The van der Waals surface area contributed by atoms with Crippen molar-refractivity contribution in [2.24, 2.45) is 0 Å². The molecule has 0 radical (unpaired) electrons. The van der Waals surface area contributed by atoms with Gasteiger partial charge in [-0.15, -0.1) is 12.4 Å².